The fourth-order valence-electron chi connectivity index (χ4n) is 1.97. The van der Waals surface area contributed by atoms with Crippen molar-refractivity contribution in [3.63, 3.8) is 0 Å². The van der Waals surface area contributed by atoms with Crippen LogP contribution in [0.1, 0.15) is 11.1 Å². The van der Waals surface area contributed by atoms with Crippen LogP contribution in [0.25, 0.3) is 0 Å². The van der Waals surface area contributed by atoms with Crippen LogP contribution >= 0.6 is 0 Å². The van der Waals surface area contributed by atoms with Gasteiger partial charge < -0.3 is 11.1 Å². The predicted octanol–water partition coefficient (Wildman–Crippen LogP) is 2.64. The number of hydrogen-bond donors (Lipinski definition) is 2. The Morgan fingerprint density at radius 2 is 1.90 bits per heavy atom. The van der Waals surface area contributed by atoms with E-state index < -0.39 is 11.9 Å². The highest BCUT2D eigenvalue weighted by Gasteiger charge is 2.16. The largest absolute Gasteiger partial charge is 0.322 e. The number of carbonyl (C=O) groups is 1. The minimum atomic E-state index is -0.712. The van der Waals surface area contributed by atoms with Gasteiger partial charge >= 0.3 is 0 Å². The van der Waals surface area contributed by atoms with E-state index in [4.69, 9.17) is 5.73 Å². The lowest BCUT2D eigenvalue weighted by Gasteiger charge is -2.14. The van der Waals surface area contributed by atoms with Gasteiger partial charge in [-0.05, 0) is 30.5 Å². The van der Waals surface area contributed by atoms with Gasteiger partial charge in [0, 0.05) is 0 Å². The molecule has 1 amide bonds. The van der Waals surface area contributed by atoms with Gasteiger partial charge in [-0.2, -0.15) is 0 Å². The second-order valence-corrected chi connectivity index (χ2v) is 4.72. The summed E-state index contributed by atoms with van der Waals surface area (Å²) >= 11 is 0. The molecule has 2 aromatic rings. The molecular weight excluding hydrogens is 255 g/mol. The molecule has 0 saturated heterocycles. The number of halogens is 1. The molecule has 0 unspecified atom stereocenters. The van der Waals surface area contributed by atoms with Crippen LogP contribution < -0.4 is 11.1 Å². The van der Waals surface area contributed by atoms with Gasteiger partial charge in [-0.25, -0.2) is 4.39 Å². The Hall–Kier alpha value is -2.20. The third-order valence-electron chi connectivity index (χ3n) is 3.11. The summed E-state index contributed by atoms with van der Waals surface area (Å²) in [6.45, 7) is 1.74. The van der Waals surface area contributed by atoms with Gasteiger partial charge in [-0.15, -0.1) is 0 Å². The van der Waals surface area contributed by atoms with E-state index in [9.17, 15) is 9.18 Å². The molecule has 0 saturated carbocycles. The molecule has 4 heteroatoms. The third kappa shape index (κ3) is 3.42. The Morgan fingerprint density at radius 1 is 1.20 bits per heavy atom. The maximum absolute atomic E-state index is 13.6. The number of carbonyl (C=O) groups excluding carboxylic acids is 1. The van der Waals surface area contributed by atoms with Crippen molar-refractivity contribution in [3.05, 3.63) is 65.5 Å². The van der Waals surface area contributed by atoms with Gasteiger partial charge in [0.25, 0.3) is 0 Å². The van der Waals surface area contributed by atoms with Crippen LogP contribution in [-0.2, 0) is 11.2 Å². The Morgan fingerprint density at radius 3 is 2.55 bits per heavy atom. The van der Waals surface area contributed by atoms with Gasteiger partial charge in [-0.3, -0.25) is 4.79 Å². The van der Waals surface area contributed by atoms with Gasteiger partial charge in [0.1, 0.15) is 5.82 Å². The fraction of sp³-hybridized carbons (Fsp3) is 0.188. The van der Waals surface area contributed by atoms with Crippen LogP contribution in [0, 0.1) is 12.7 Å². The molecule has 0 radical (unpaired) electrons. The lowest BCUT2D eigenvalue weighted by atomic mass is 10.1. The Kier molecular flexibility index (Phi) is 4.48. The van der Waals surface area contributed by atoms with Crippen LogP contribution in [0.4, 0.5) is 10.1 Å². The normalized spacial score (nSPS) is 11.9. The van der Waals surface area contributed by atoms with E-state index in [1.54, 1.807) is 19.1 Å². The summed E-state index contributed by atoms with van der Waals surface area (Å²) in [4.78, 5) is 12.0. The lowest BCUT2D eigenvalue weighted by Crippen LogP contribution is -2.37. The number of anilines is 1. The van der Waals surface area contributed by atoms with Crippen LogP contribution in [0.3, 0.4) is 0 Å². The maximum atomic E-state index is 13.6. The van der Waals surface area contributed by atoms with E-state index in [2.05, 4.69) is 5.32 Å². The monoisotopic (exact) mass is 272 g/mol. The summed E-state index contributed by atoms with van der Waals surface area (Å²) in [7, 11) is 0. The zero-order chi connectivity index (χ0) is 14.5. The number of benzene rings is 2. The first-order valence-electron chi connectivity index (χ1n) is 6.43. The predicted molar refractivity (Wildman–Crippen MR) is 77.9 cm³/mol. The van der Waals surface area contributed by atoms with Gasteiger partial charge in [0.2, 0.25) is 5.91 Å². The molecule has 3 nitrogen and oxygen atoms in total. The number of rotatable bonds is 4. The third-order valence-corrected chi connectivity index (χ3v) is 3.11. The van der Waals surface area contributed by atoms with Crippen molar-refractivity contribution in [3.8, 4) is 0 Å². The number of aryl methyl sites for hydroxylation is 1. The van der Waals surface area contributed by atoms with E-state index in [1.807, 2.05) is 30.3 Å². The number of nitrogens with two attached hydrogens (primary N) is 1. The number of amides is 1. The van der Waals surface area contributed by atoms with Gasteiger partial charge in [-0.1, -0.05) is 42.5 Å². The molecular formula is C16H17FN2O. The van der Waals surface area contributed by atoms with Crippen molar-refractivity contribution in [2.45, 2.75) is 19.4 Å². The minimum absolute atomic E-state index is 0.195. The number of nitrogens with one attached hydrogen (secondary N) is 1. The SMILES string of the molecule is Cc1cccc(F)c1NC(=O)[C@H](N)Cc1ccccc1. The molecule has 20 heavy (non-hydrogen) atoms. The molecule has 0 aliphatic carbocycles. The van der Waals surface area contributed by atoms with E-state index in [0.717, 1.165) is 5.56 Å². The van der Waals surface area contributed by atoms with Crippen molar-refractivity contribution < 1.29 is 9.18 Å². The number of hydrogen-bond acceptors (Lipinski definition) is 2. The molecule has 2 aromatic carbocycles. The second kappa shape index (κ2) is 6.30. The van der Waals surface area contributed by atoms with Crippen molar-refractivity contribution in [1.82, 2.24) is 0 Å². The molecule has 3 N–H and O–H groups in total. The topological polar surface area (TPSA) is 55.1 Å². The highest BCUT2D eigenvalue weighted by molar-refractivity contribution is 5.95. The van der Waals surface area contributed by atoms with Crippen molar-refractivity contribution in [2.24, 2.45) is 5.73 Å². The average molecular weight is 272 g/mol. The van der Waals surface area contributed by atoms with Crippen LogP contribution in [0.5, 0.6) is 0 Å². The minimum Gasteiger partial charge on any atom is -0.322 e. The highest BCUT2D eigenvalue weighted by atomic mass is 19.1. The van der Waals surface area contributed by atoms with Crippen molar-refractivity contribution in [2.75, 3.05) is 5.32 Å². The molecule has 0 aromatic heterocycles. The van der Waals surface area contributed by atoms with E-state index in [0.29, 0.717) is 12.0 Å². The summed E-state index contributed by atoms with van der Waals surface area (Å²) in [5.74, 6) is -0.840. The molecule has 2 rings (SSSR count). The first-order valence-corrected chi connectivity index (χ1v) is 6.43. The molecule has 0 heterocycles. The van der Waals surface area contributed by atoms with Crippen molar-refractivity contribution >= 4 is 11.6 Å². The Bertz CT molecular complexity index is 578. The molecule has 0 aliphatic rings. The summed E-state index contributed by atoms with van der Waals surface area (Å²) < 4.78 is 13.6. The number of para-hydroxylation sites is 1. The quantitative estimate of drug-likeness (QED) is 0.899. The first-order chi connectivity index (χ1) is 9.58. The molecule has 0 aliphatic heterocycles. The molecule has 0 bridgehead atoms. The van der Waals surface area contributed by atoms with Crippen molar-refractivity contribution in [1.29, 1.82) is 0 Å². The maximum Gasteiger partial charge on any atom is 0.241 e. The smallest absolute Gasteiger partial charge is 0.241 e. The fourth-order valence-corrected chi connectivity index (χ4v) is 1.97. The summed E-state index contributed by atoms with van der Waals surface area (Å²) in [5.41, 5.74) is 7.70. The summed E-state index contributed by atoms with van der Waals surface area (Å²) in [5, 5.41) is 2.56. The Labute approximate surface area is 117 Å². The zero-order valence-corrected chi connectivity index (χ0v) is 11.3. The molecule has 104 valence electrons. The van der Waals surface area contributed by atoms with E-state index in [1.165, 1.54) is 6.07 Å². The standard InChI is InChI=1S/C16H17FN2O/c1-11-6-5-9-13(17)15(11)19-16(20)14(18)10-12-7-3-2-4-8-12/h2-9,14H,10,18H2,1H3,(H,19,20)/t14-/m1/s1. The van der Waals surface area contributed by atoms with E-state index >= 15 is 0 Å². The van der Waals surface area contributed by atoms with Crippen LogP contribution in [0.2, 0.25) is 0 Å². The second-order valence-electron chi connectivity index (χ2n) is 4.72. The van der Waals surface area contributed by atoms with Crippen LogP contribution in [-0.4, -0.2) is 11.9 Å². The van der Waals surface area contributed by atoms with E-state index in [-0.39, 0.29) is 11.6 Å². The van der Waals surface area contributed by atoms with Gasteiger partial charge in [0.05, 0.1) is 11.7 Å². The Balaban J connectivity index is 2.05. The highest BCUT2D eigenvalue weighted by Crippen LogP contribution is 2.19. The van der Waals surface area contributed by atoms with Gasteiger partial charge in [0.15, 0.2) is 0 Å². The first kappa shape index (κ1) is 14.2. The van der Waals surface area contributed by atoms with Crippen LogP contribution in [0.15, 0.2) is 48.5 Å². The zero-order valence-electron chi connectivity index (χ0n) is 11.3. The lowest BCUT2D eigenvalue weighted by molar-refractivity contribution is -0.117. The molecule has 0 fully saturated rings. The molecule has 1 atom stereocenters. The molecule has 0 spiro atoms. The average Bonchev–Trinajstić information content (AvgIpc) is 2.44. The summed E-state index contributed by atoms with van der Waals surface area (Å²) in [6, 6.07) is 13.4. The summed E-state index contributed by atoms with van der Waals surface area (Å²) in [6.07, 6.45) is 0.417.